The van der Waals surface area contributed by atoms with Gasteiger partial charge in [0.2, 0.25) is 11.8 Å². The summed E-state index contributed by atoms with van der Waals surface area (Å²) in [5, 5.41) is 9.93. The molecule has 1 atom stereocenters. The van der Waals surface area contributed by atoms with Gasteiger partial charge in [-0.15, -0.1) is 23.1 Å². The van der Waals surface area contributed by atoms with E-state index in [0.29, 0.717) is 19.0 Å². The van der Waals surface area contributed by atoms with Crippen LogP contribution < -0.4 is 10.2 Å². The molecule has 0 saturated carbocycles. The zero-order valence-corrected chi connectivity index (χ0v) is 22.3. The van der Waals surface area contributed by atoms with E-state index in [1.54, 1.807) is 35.1 Å². The fourth-order valence-electron chi connectivity index (χ4n) is 4.45. The van der Waals surface area contributed by atoms with Gasteiger partial charge in [0.05, 0.1) is 29.0 Å². The summed E-state index contributed by atoms with van der Waals surface area (Å²) >= 11 is 3.24. The van der Waals surface area contributed by atoms with Crippen molar-refractivity contribution in [3.63, 3.8) is 0 Å². The van der Waals surface area contributed by atoms with Gasteiger partial charge in [0.1, 0.15) is 12.4 Å². The minimum Gasteiger partial charge on any atom is -0.383 e. The first-order valence-electron chi connectivity index (χ1n) is 12.0. The third-order valence-electron chi connectivity index (χ3n) is 6.21. The van der Waals surface area contributed by atoms with Crippen LogP contribution in [-0.2, 0) is 14.3 Å². The summed E-state index contributed by atoms with van der Waals surface area (Å²) in [5.74, 6) is 0.532. The van der Waals surface area contributed by atoms with Crippen LogP contribution >= 0.6 is 23.1 Å². The Bertz CT molecular complexity index is 1390. The van der Waals surface area contributed by atoms with Crippen LogP contribution in [0.4, 0.5) is 5.82 Å². The Morgan fingerprint density at radius 2 is 1.89 bits per heavy atom. The lowest BCUT2D eigenvalue weighted by atomic mass is 10.0. The molecule has 37 heavy (non-hydrogen) atoms. The van der Waals surface area contributed by atoms with Gasteiger partial charge >= 0.3 is 0 Å². The van der Waals surface area contributed by atoms with E-state index in [9.17, 15) is 9.59 Å². The van der Waals surface area contributed by atoms with E-state index in [2.05, 4.69) is 16.8 Å². The number of para-hydroxylation sites is 1. The zero-order chi connectivity index (χ0) is 25.8. The molecule has 0 aliphatic carbocycles. The maximum Gasteiger partial charge on any atom is 0.240 e. The fraction of sp³-hybridized carbons (Fsp3) is 0.250. The Kier molecular flexibility index (Phi) is 7.73. The number of carbonyl (C=O) groups excluding carboxylic acids is 2. The summed E-state index contributed by atoms with van der Waals surface area (Å²) in [6.45, 7) is 2.71. The quantitative estimate of drug-likeness (QED) is 0.329. The Hall–Kier alpha value is -3.40. The first-order chi connectivity index (χ1) is 18.1. The SMILES string of the molecule is COCCNC(=O)CN1C(=O)CS[C@@H](c2cccs2)c2c(-c3ccccc3)nn(-c3ccccc3C)c21. The van der Waals surface area contributed by atoms with Crippen molar-refractivity contribution >= 4 is 40.7 Å². The molecule has 2 aromatic carbocycles. The monoisotopic (exact) mass is 532 g/mol. The third-order valence-corrected chi connectivity index (χ3v) is 8.53. The van der Waals surface area contributed by atoms with Crippen molar-refractivity contribution < 1.29 is 14.3 Å². The smallest absolute Gasteiger partial charge is 0.240 e. The molecular weight excluding hydrogens is 504 g/mol. The molecule has 190 valence electrons. The van der Waals surface area contributed by atoms with Crippen LogP contribution in [0.25, 0.3) is 16.9 Å². The second-order valence-corrected chi connectivity index (χ2v) is 10.8. The molecule has 1 aliphatic heterocycles. The number of thiophene rings is 1. The molecule has 4 aromatic rings. The van der Waals surface area contributed by atoms with E-state index < -0.39 is 0 Å². The molecule has 5 rings (SSSR count). The van der Waals surface area contributed by atoms with Crippen LogP contribution in [0.3, 0.4) is 0 Å². The summed E-state index contributed by atoms with van der Waals surface area (Å²) in [6.07, 6.45) is 0. The predicted molar refractivity (Wildman–Crippen MR) is 150 cm³/mol. The first-order valence-corrected chi connectivity index (χ1v) is 14.0. The Balaban J connectivity index is 1.74. The second kappa shape index (κ2) is 11.3. The number of rotatable bonds is 8. The molecule has 0 saturated heterocycles. The van der Waals surface area contributed by atoms with Gasteiger partial charge in [-0.1, -0.05) is 54.6 Å². The van der Waals surface area contributed by atoms with Gasteiger partial charge in [-0.25, -0.2) is 4.68 Å². The molecule has 1 N–H and O–H groups in total. The molecule has 0 bridgehead atoms. The Labute approximate surface area is 224 Å². The van der Waals surface area contributed by atoms with Crippen molar-refractivity contribution in [2.75, 3.05) is 37.5 Å². The normalized spacial score (nSPS) is 15.4. The van der Waals surface area contributed by atoms with Crippen molar-refractivity contribution in [1.82, 2.24) is 15.1 Å². The molecule has 3 heterocycles. The number of amides is 2. The molecule has 9 heteroatoms. The van der Waals surface area contributed by atoms with Crippen LogP contribution in [0, 0.1) is 6.92 Å². The van der Waals surface area contributed by atoms with Crippen LogP contribution in [0.15, 0.2) is 72.1 Å². The number of nitrogens with one attached hydrogen (secondary N) is 1. The fourth-order valence-corrected chi connectivity index (χ4v) is 6.63. The number of thioether (sulfide) groups is 1. The summed E-state index contributed by atoms with van der Waals surface area (Å²) in [7, 11) is 1.59. The average Bonchev–Trinajstić information content (AvgIpc) is 3.55. The first kappa shape index (κ1) is 25.3. The van der Waals surface area contributed by atoms with Crippen LogP contribution in [0.2, 0.25) is 0 Å². The van der Waals surface area contributed by atoms with Crippen molar-refractivity contribution in [1.29, 1.82) is 0 Å². The number of aromatic nitrogens is 2. The van der Waals surface area contributed by atoms with Crippen LogP contribution in [-0.4, -0.2) is 54.2 Å². The van der Waals surface area contributed by atoms with Crippen molar-refractivity contribution in [3.8, 4) is 16.9 Å². The summed E-state index contributed by atoms with van der Waals surface area (Å²) in [4.78, 5) is 29.3. The highest BCUT2D eigenvalue weighted by molar-refractivity contribution is 8.00. The van der Waals surface area contributed by atoms with Crippen LogP contribution in [0.5, 0.6) is 0 Å². The Morgan fingerprint density at radius 1 is 1.11 bits per heavy atom. The highest BCUT2D eigenvalue weighted by Gasteiger charge is 2.38. The standard InChI is InChI=1S/C28H28N4O3S2/c1-19-9-6-7-12-21(19)32-28-25(26(30-32)20-10-4-3-5-11-20)27(22-13-8-16-36-22)37-18-24(34)31(28)17-23(33)29-14-15-35-2/h3-13,16,27H,14-15,17-18H2,1-2H3,(H,29,33)/t27-/m0/s1. The number of ether oxygens (including phenoxy) is 1. The van der Waals surface area contributed by atoms with E-state index in [-0.39, 0.29) is 29.4 Å². The Morgan fingerprint density at radius 3 is 2.62 bits per heavy atom. The topological polar surface area (TPSA) is 76.5 Å². The number of hydrogen-bond acceptors (Lipinski definition) is 6. The number of carbonyl (C=O) groups is 2. The largest absolute Gasteiger partial charge is 0.383 e. The van der Waals surface area contributed by atoms with Gasteiger partial charge in [0.15, 0.2) is 0 Å². The van der Waals surface area contributed by atoms with E-state index in [1.807, 2.05) is 72.3 Å². The molecule has 2 aromatic heterocycles. The molecule has 7 nitrogen and oxygen atoms in total. The number of methoxy groups -OCH3 is 1. The summed E-state index contributed by atoms with van der Waals surface area (Å²) in [5.41, 5.74) is 4.61. The molecule has 1 aliphatic rings. The van der Waals surface area contributed by atoms with Gasteiger partial charge < -0.3 is 10.1 Å². The van der Waals surface area contributed by atoms with E-state index in [0.717, 1.165) is 32.9 Å². The van der Waals surface area contributed by atoms with Gasteiger partial charge in [0.25, 0.3) is 0 Å². The summed E-state index contributed by atoms with van der Waals surface area (Å²) in [6, 6.07) is 22.1. The number of nitrogens with zero attached hydrogens (tertiary/aromatic N) is 3. The van der Waals surface area contributed by atoms with Gasteiger partial charge in [-0.05, 0) is 30.0 Å². The zero-order valence-electron chi connectivity index (χ0n) is 20.7. The third kappa shape index (κ3) is 5.20. The lowest BCUT2D eigenvalue weighted by Crippen LogP contribution is -2.43. The van der Waals surface area contributed by atoms with Crippen molar-refractivity contribution in [2.45, 2.75) is 12.2 Å². The lowest BCUT2D eigenvalue weighted by molar-refractivity contribution is -0.123. The molecule has 0 fully saturated rings. The van der Waals surface area contributed by atoms with Crippen LogP contribution in [0.1, 0.15) is 21.3 Å². The molecular formula is C28H28N4O3S2. The second-order valence-electron chi connectivity index (χ2n) is 8.68. The maximum absolute atomic E-state index is 13.6. The van der Waals surface area contributed by atoms with E-state index >= 15 is 0 Å². The molecule has 0 unspecified atom stereocenters. The number of fused-ring (bicyclic) bond motifs is 1. The van der Waals surface area contributed by atoms with Gasteiger partial charge in [-0.3, -0.25) is 14.5 Å². The van der Waals surface area contributed by atoms with E-state index in [1.165, 1.54) is 0 Å². The molecule has 2 amide bonds. The van der Waals surface area contributed by atoms with Crippen molar-refractivity contribution in [3.05, 3.63) is 88.1 Å². The average molecular weight is 533 g/mol. The molecule has 0 radical (unpaired) electrons. The number of hydrogen-bond donors (Lipinski definition) is 1. The minimum atomic E-state index is -0.241. The number of benzene rings is 2. The highest BCUT2D eigenvalue weighted by Crippen LogP contribution is 2.49. The predicted octanol–water partition coefficient (Wildman–Crippen LogP) is 4.84. The summed E-state index contributed by atoms with van der Waals surface area (Å²) < 4.78 is 6.91. The van der Waals surface area contributed by atoms with Gasteiger partial charge in [-0.2, -0.15) is 5.10 Å². The van der Waals surface area contributed by atoms with E-state index in [4.69, 9.17) is 9.84 Å². The minimum absolute atomic E-state index is 0.0981. The number of aryl methyl sites for hydroxylation is 1. The van der Waals surface area contributed by atoms with Gasteiger partial charge in [0, 0.05) is 29.7 Å². The lowest BCUT2D eigenvalue weighted by Gasteiger charge is -2.23. The van der Waals surface area contributed by atoms with Crippen molar-refractivity contribution in [2.24, 2.45) is 0 Å². The highest BCUT2D eigenvalue weighted by atomic mass is 32.2. The number of anilines is 1. The molecule has 0 spiro atoms. The maximum atomic E-state index is 13.6.